The van der Waals surface area contributed by atoms with E-state index in [2.05, 4.69) is 6.92 Å². The maximum atomic E-state index is 13.0. The lowest BCUT2D eigenvalue weighted by Gasteiger charge is -2.38. The molecule has 1 atom stereocenters. The van der Waals surface area contributed by atoms with Crippen molar-refractivity contribution in [1.29, 1.82) is 0 Å². The molecule has 0 aromatic carbocycles. The van der Waals surface area contributed by atoms with Crippen LogP contribution in [-0.4, -0.2) is 60.5 Å². The van der Waals surface area contributed by atoms with Gasteiger partial charge in [-0.25, -0.2) is 0 Å². The van der Waals surface area contributed by atoms with Crippen LogP contribution in [0.3, 0.4) is 0 Å². The third-order valence-corrected chi connectivity index (χ3v) is 5.64. The van der Waals surface area contributed by atoms with Crippen LogP contribution >= 0.6 is 11.3 Å². The maximum absolute atomic E-state index is 13.0. The number of nitrogens with zero attached hydrogens (tertiary/aromatic N) is 2. The largest absolute Gasteiger partial charge is 0.378 e. The minimum absolute atomic E-state index is 0.0307. The van der Waals surface area contributed by atoms with E-state index >= 15 is 0 Å². The zero-order valence-corrected chi connectivity index (χ0v) is 14.4. The molecule has 0 N–H and O–H groups in total. The van der Waals surface area contributed by atoms with Crippen molar-refractivity contribution in [2.45, 2.75) is 38.6 Å². The summed E-state index contributed by atoms with van der Waals surface area (Å²) in [6.45, 7) is 5.20. The van der Waals surface area contributed by atoms with Crippen LogP contribution < -0.4 is 0 Å². The first-order valence-electron chi connectivity index (χ1n) is 8.46. The van der Waals surface area contributed by atoms with Gasteiger partial charge in [0.1, 0.15) is 6.04 Å². The summed E-state index contributed by atoms with van der Waals surface area (Å²) in [6.07, 6.45) is 3.61. The average molecular weight is 336 g/mol. The average Bonchev–Trinajstić information content (AvgIpc) is 3.10. The fourth-order valence-electron chi connectivity index (χ4n) is 3.36. The van der Waals surface area contributed by atoms with Crippen molar-refractivity contribution in [2.24, 2.45) is 0 Å². The van der Waals surface area contributed by atoms with Crippen LogP contribution in [0, 0.1) is 0 Å². The third kappa shape index (κ3) is 3.43. The summed E-state index contributed by atoms with van der Waals surface area (Å²) in [5.74, 6) is 0.124. The first-order valence-corrected chi connectivity index (χ1v) is 9.34. The Morgan fingerprint density at radius 2 is 2.04 bits per heavy atom. The van der Waals surface area contributed by atoms with Gasteiger partial charge in [-0.2, -0.15) is 0 Å². The molecule has 1 aromatic heterocycles. The Kier molecular flexibility index (Phi) is 5.33. The summed E-state index contributed by atoms with van der Waals surface area (Å²) < 4.78 is 5.33. The van der Waals surface area contributed by atoms with E-state index in [4.69, 9.17) is 4.74 Å². The van der Waals surface area contributed by atoms with E-state index < -0.39 is 0 Å². The number of carbonyl (C=O) groups is 2. The quantitative estimate of drug-likeness (QED) is 0.850. The van der Waals surface area contributed by atoms with Gasteiger partial charge < -0.3 is 14.5 Å². The van der Waals surface area contributed by atoms with E-state index in [1.165, 1.54) is 11.3 Å². The van der Waals surface area contributed by atoms with Crippen LogP contribution in [0.25, 0.3) is 0 Å². The molecule has 126 valence electrons. The van der Waals surface area contributed by atoms with Gasteiger partial charge >= 0.3 is 0 Å². The van der Waals surface area contributed by atoms with E-state index in [9.17, 15) is 9.59 Å². The van der Waals surface area contributed by atoms with Crippen molar-refractivity contribution >= 4 is 23.2 Å². The summed E-state index contributed by atoms with van der Waals surface area (Å²) in [5, 5.41) is 1.97. The second kappa shape index (κ2) is 7.45. The fourth-order valence-corrected chi connectivity index (χ4v) is 4.31. The highest BCUT2D eigenvalue weighted by Gasteiger charge is 2.36. The summed E-state index contributed by atoms with van der Waals surface area (Å²) in [5.41, 5.74) is 1.09. The van der Waals surface area contributed by atoms with Gasteiger partial charge in [-0.15, -0.1) is 11.3 Å². The zero-order valence-electron chi connectivity index (χ0n) is 13.6. The zero-order chi connectivity index (χ0) is 16.2. The predicted octanol–water partition coefficient (Wildman–Crippen LogP) is 2.16. The molecule has 6 heteroatoms. The highest BCUT2D eigenvalue weighted by Crippen LogP contribution is 2.26. The maximum Gasteiger partial charge on any atom is 0.264 e. The highest BCUT2D eigenvalue weighted by atomic mass is 32.1. The third-order valence-electron chi connectivity index (χ3n) is 4.69. The van der Waals surface area contributed by atoms with Gasteiger partial charge in [-0.1, -0.05) is 6.92 Å². The van der Waals surface area contributed by atoms with Crippen LogP contribution in [0.2, 0.25) is 0 Å². The van der Waals surface area contributed by atoms with Gasteiger partial charge in [0.05, 0.1) is 18.1 Å². The molecule has 2 aliphatic rings. The van der Waals surface area contributed by atoms with Crippen molar-refractivity contribution in [3.05, 3.63) is 21.9 Å². The molecule has 3 rings (SSSR count). The Bertz CT molecular complexity index is 566. The number of amides is 2. The smallest absolute Gasteiger partial charge is 0.264 e. The van der Waals surface area contributed by atoms with Crippen LogP contribution in [0.15, 0.2) is 11.4 Å². The van der Waals surface area contributed by atoms with Gasteiger partial charge in [0.2, 0.25) is 5.91 Å². The van der Waals surface area contributed by atoms with Crippen molar-refractivity contribution < 1.29 is 14.3 Å². The molecule has 2 amide bonds. The summed E-state index contributed by atoms with van der Waals surface area (Å²) in [4.78, 5) is 30.3. The van der Waals surface area contributed by atoms with Crippen molar-refractivity contribution in [1.82, 2.24) is 9.80 Å². The van der Waals surface area contributed by atoms with Crippen LogP contribution in [0.5, 0.6) is 0 Å². The molecule has 3 heterocycles. The minimum Gasteiger partial charge on any atom is -0.378 e. The van der Waals surface area contributed by atoms with Gasteiger partial charge in [-0.3, -0.25) is 9.59 Å². The van der Waals surface area contributed by atoms with Gasteiger partial charge in [-0.05, 0) is 42.7 Å². The molecule has 23 heavy (non-hydrogen) atoms. The second-order valence-electron chi connectivity index (χ2n) is 6.08. The number of likely N-dealkylation sites (tertiary alicyclic amines) is 1. The first kappa shape index (κ1) is 16.5. The lowest BCUT2D eigenvalue weighted by Crippen LogP contribution is -2.55. The number of rotatable bonds is 3. The summed E-state index contributed by atoms with van der Waals surface area (Å²) >= 11 is 1.49. The molecule has 0 unspecified atom stereocenters. The van der Waals surface area contributed by atoms with Crippen molar-refractivity contribution in [3.63, 3.8) is 0 Å². The SMILES string of the molecule is CCc1ccsc1C(=O)N1CCCC[C@H]1C(=O)N1CCOCC1. The molecular formula is C17H24N2O3S. The van der Waals surface area contributed by atoms with Gasteiger partial charge in [0.15, 0.2) is 0 Å². The molecule has 0 radical (unpaired) electrons. The number of ether oxygens (including phenoxy) is 1. The van der Waals surface area contributed by atoms with Crippen molar-refractivity contribution in [2.75, 3.05) is 32.8 Å². The molecule has 2 aliphatic heterocycles. The molecule has 0 aliphatic carbocycles. The van der Waals surface area contributed by atoms with E-state index in [0.717, 1.165) is 36.1 Å². The second-order valence-corrected chi connectivity index (χ2v) is 6.99. The standard InChI is InChI=1S/C17H24N2O3S/c1-2-13-6-12-23-15(13)17(21)19-7-4-3-5-14(19)16(20)18-8-10-22-11-9-18/h6,12,14H,2-5,7-11H2,1H3/t14-/m0/s1. The number of piperidine rings is 1. The molecule has 2 saturated heterocycles. The molecule has 5 nitrogen and oxygen atoms in total. The topological polar surface area (TPSA) is 49.9 Å². The van der Waals surface area contributed by atoms with Crippen LogP contribution in [0.4, 0.5) is 0 Å². The Labute approximate surface area is 141 Å². The number of morpholine rings is 1. The van der Waals surface area contributed by atoms with Crippen LogP contribution in [0.1, 0.15) is 41.4 Å². The summed E-state index contributed by atoms with van der Waals surface area (Å²) in [6, 6.07) is 1.71. The Hall–Kier alpha value is -1.40. The van der Waals surface area contributed by atoms with Gasteiger partial charge in [0, 0.05) is 19.6 Å². The highest BCUT2D eigenvalue weighted by molar-refractivity contribution is 7.12. The first-order chi connectivity index (χ1) is 11.2. The molecule has 0 saturated carbocycles. The molecular weight excluding hydrogens is 312 g/mol. The lowest BCUT2D eigenvalue weighted by atomic mass is 9.99. The fraction of sp³-hybridized carbons (Fsp3) is 0.647. The van der Waals surface area contributed by atoms with E-state index in [-0.39, 0.29) is 17.9 Å². The predicted molar refractivity (Wildman–Crippen MR) is 89.8 cm³/mol. The number of hydrogen-bond donors (Lipinski definition) is 0. The Morgan fingerprint density at radius 3 is 2.78 bits per heavy atom. The number of carbonyl (C=O) groups excluding carboxylic acids is 2. The molecule has 0 spiro atoms. The molecule has 1 aromatic rings. The van der Waals surface area contributed by atoms with E-state index in [1.807, 2.05) is 21.2 Å². The monoisotopic (exact) mass is 336 g/mol. The van der Waals surface area contributed by atoms with Crippen molar-refractivity contribution in [3.8, 4) is 0 Å². The Balaban J connectivity index is 1.78. The Morgan fingerprint density at radius 1 is 1.26 bits per heavy atom. The number of hydrogen-bond acceptors (Lipinski definition) is 4. The minimum atomic E-state index is -0.304. The molecule has 0 bridgehead atoms. The molecule has 2 fully saturated rings. The van der Waals surface area contributed by atoms with E-state index in [0.29, 0.717) is 32.8 Å². The van der Waals surface area contributed by atoms with Crippen LogP contribution in [-0.2, 0) is 16.0 Å². The normalized spacial score (nSPS) is 22.2. The number of aryl methyl sites for hydroxylation is 1. The lowest BCUT2D eigenvalue weighted by molar-refractivity contribution is -0.141. The van der Waals surface area contributed by atoms with E-state index in [1.54, 1.807) is 0 Å². The number of thiophene rings is 1. The summed E-state index contributed by atoms with van der Waals surface area (Å²) in [7, 11) is 0. The van der Waals surface area contributed by atoms with Gasteiger partial charge in [0.25, 0.3) is 5.91 Å².